The Morgan fingerprint density at radius 3 is 1.88 bits per heavy atom. The highest BCUT2D eigenvalue weighted by molar-refractivity contribution is 7.98. The molecule has 0 spiro atoms. The quantitative estimate of drug-likeness (QED) is 0.137. The van der Waals surface area contributed by atoms with Crippen molar-refractivity contribution in [3.05, 3.63) is 0 Å². The van der Waals surface area contributed by atoms with Crippen LogP contribution in [0.15, 0.2) is 0 Å². The number of amides is 3. The number of hydrogen-bond acceptors (Lipinski definition) is 8. The molecule has 3 amide bonds. The molecule has 0 radical (unpaired) electrons. The molecule has 0 heterocycles. The number of nitrogens with two attached hydrogens (primary N) is 1. The van der Waals surface area contributed by atoms with E-state index in [0.29, 0.717) is 12.2 Å². The molecule has 0 bridgehead atoms. The van der Waals surface area contributed by atoms with Gasteiger partial charge in [0.1, 0.15) is 18.1 Å². The van der Waals surface area contributed by atoms with E-state index in [2.05, 4.69) is 16.0 Å². The van der Waals surface area contributed by atoms with E-state index in [1.54, 1.807) is 6.26 Å². The Kier molecular flexibility index (Phi) is 14.3. The maximum atomic E-state index is 12.6. The SMILES string of the molecule is CSCCC(NC(=O)C(CCC(=O)O)NC(=O)C(CO)NC(=O)C(N)CC(C)C)C(=O)O. The summed E-state index contributed by atoms with van der Waals surface area (Å²) in [6.07, 6.45) is 1.46. The number of carboxylic acids is 2. The smallest absolute Gasteiger partial charge is 0.326 e. The fourth-order valence-electron chi connectivity index (χ4n) is 2.66. The number of nitrogens with one attached hydrogen (secondary N) is 3. The normalized spacial score (nSPS) is 14.7. The standard InChI is InChI=1S/C19H34N4O8S/c1-10(2)8-11(20)16(27)23-14(9-24)18(29)21-12(4-5-15(25)26)17(28)22-13(19(30)31)6-7-32-3/h10-14,24H,4-9,20H2,1-3H3,(H,21,29)(H,22,28)(H,23,27)(H,25,26)(H,30,31). The molecule has 0 aromatic rings. The van der Waals surface area contributed by atoms with Crippen LogP contribution in [-0.2, 0) is 24.0 Å². The van der Waals surface area contributed by atoms with Gasteiger partial charge in [-0.05, 0) is 37.2 Å². The van der Waals surface area contributed by atoms with Crippen molar-refractivity contribution in [1.82, 2.24) is 16.0 Å². The molecular formula is C19H34N4O8S. The molecule has 0 aromatic heterocycles. The van der Waals surface area contributed by atoms with Crippen LogP contribution in [0.1, 0.15) is 39.5 Å². The minimum absolute atomic E-state index is 0.120. The first-order chi connectivity index (χ1) is 14.9. The molecule has 184 valence electrons. The monoisotopic (exact) mass is 478 g/mol. The molecule has 0 aliphatic heterocycles. The largest absolute Gasteiger partial charge is 0.481 e. The Hall–Kier alpha value is -2.38. The Morgan fingerprint density at radius 2 is 1.41 bits per heavy atom. The number of aliphatic hydroxyl groups excluding tert-OH is 1. The van der Waals surface area contributed by atoms with Crippen molar-refractivity contribution >= 4 is 41.4 Å². The van der Waals surface area contributed by atoms with E-state index in [1.807, 2.05) is 13.8 Å². The first-order valence-electron chi connectivity index (χ1n) is 10.1. The van der Waals surface area contributed by atoms with Gasteiger partial charge in [-0.15, -0.1) is 0 Å². The molecule has 4 atom stereocenters. The summed E-state index contributed by atoms with van der Waals surface area (Å²) in [4.78, 5) is 59.6. The predicted octanol–water partition coefficient (Wildman–Crippen LogP) is -1.49. The van der Waals surface area contributed by atoms with E-state index in [1.165, 1.54) is 11.8 Å². The lowest BCUT2D eigenvalue weighted by Crippen LogP contribution is -2.58. The van der Waals surface area contributed by atoms with Gasteiger partial charge in [0.2, 0.25) is 17.7 Å². The molecule has 4 unspecified atom stereocenters. The number of rotatable bonds is 16. The summed E-state index contributed by atoms with van der Waals surface area (Å²) in [7, 11) is 0. The zero-order chi connectivity index (χ0) is 24.8. The Labute approximate surface area is 191 Å². The fraction of sp³-hybridized carbons (Fsp3) is 0.737. The summed E-state index contributed by atoms with van der Waals surface area (Å²) in [5.74, 6) is -4.39. The van der Waals surface area contributed by atoms with Crippen molar-refractivity contribution in [3.8, 4) is 0 Å². The van der Waals surface area contributed by atoms with Gasteiger partial charge in [-0.25, -0.2) is 4.79 Å². The Morgan fingerprint density at radius 1 is 0.875 bits per heavy atom. The van der Waals surface area contributed by atoms with Crippen LogP contribution in [0.3, 0.4) is 0 Å². The fourth-order valence-corrected chi connectivity index (χ4v) is 3.13. The van der Waals surface area contributed by atoms with Crippen LogP contribution in [0.25, 0.3) is 0 Å². The van der Waals surface area contributed by atoms with E-state index in [4.69, 9.17) is 10.8 Å². The van der Waals surface area contributed by atoms with Crippen LogP contribution in [0.4, 0.5) is 0 Å². The number of aliphatic carboxylic acids is 2. The summed E-state index contributed by atoms with van der Waals surface area (Å²) >= 11 is 1.39. The lowest BCUT2D eigenvalue weighted by molar-refractivity contribution is -0.143. The second kappa shape index (κ2) is 15.4. The molecule has 0 saturated heterocycles. The lowest BCUT2D eigenvalue weighted by atomic mass is 10.0. The second-order valence-corrected chi connectivity index (χ2v) is 8.64. The van der Waals surface area contributed by atoms with E-state index in [-0.39, 0.29) is 18.8 Å². The molecule has 0 aromatic carbocycles. The minimum Gasteiger partial charge on any atom is -0.481 e. The summed E-state index contributed by atoms with van der Waals surface area (Å²) in [6, 6.07) is -4.94. The Balaban J connectivity index is 5.28. The first kappa shape index (κ1) is 29.6. The molecule has 0 fully saturated rings. The van der Waals surface area contributed by atoms with Crippen molar-refractivity contribution in [1.29, 1.82) is 0 Å². The predicted molar refractivity (Wildman–Crippen MR) is 118 cm³/mol. The van der Waals surface area contributed by atoms with Crippen molar-refractivity contribution in [2.24, 2.45) is 11.7 Å². The summed E-state index contributed by atoms with van der Waals surface area (Å²) in [5, 5.41) is 34.6. The van der Waals surface area contributed by atoms with Crippen molar-refractivity contribution in [2.45, 2.75) is 63.7 Å². The van der Waals surface area contributed by atoms with Gasteiger partial charge in [0.05, 0.1) is 12.6 Å². The molecule has 12 nitrogen and oxygen atoms in total. The number of hydrogen-bond donors (Lipinski definition) is 7. The van der Waals surface area contributed by atoms with Crippen molar-refractivity contribution < 1.29 is 39.3 Å². The summed E-state index contributed by atoms with van der Waals surface area (Å²) in [6.45, 7) is 2.93. The van der Waals surface area contributed by atoms with Gasteiger partial charge >= 0.3 is 11.9 Å². The Bertz CT molecular complexity index is 661. The van der Waals surface area contributed by atoms with Crippen LogP contribution in [0, 0.1) is 5.92 Å². The van der Waals surface area contributed by atoms with Gasteiger partial charge in [0.15, 0.2) is 0 Å². The molecule has 0 rings (SSSR count). The average molecular weight is 479 g/mol. The van der Waals surface area contributed by atoms with Gasteiger partial charge in [0, 0.05) is 6.42 Å². The molecule has 0 saturated carbocycles. The van der Waals surface area contributed by atoms with Crippen LogP contribution < -0.4 is 21.7 Å². The van der Waals surface area contributed by atoms with E-state index in [9.17, 15) is 34.2 Å². The molecule has 32 heavy (non-hydrogen) atoms. The third-order valence-corrected chi connectivity index (χ3v) is 5.03. The highest BCUT2D eigenvalue weighted by atomic mass is 32.2. The maximum Gasteiger partial charge on any atom is 0.326 e. The van der Waals surface area contributed by atoms with Crippen molar-refractivity contribution in [2.75, 3.05) is 18.6 Å². The van der Waals surface area contributed by atoms with Gasteiger partial charge in [-0.1, -0.05) is 13.8 Å². The highest BCUT2D eigenvalue weighted by Gasteiger charge is 2.30. The minimum atomic E-state index is -1.42. The van der Waals surface area contributed by atoms with Crippen LogP contribution >= 0.6 is 11.8 Å². The van der Waals surface area contributed by atoms with E-state index >= 15 is 0 Å². The molecular weight excluding hydrogens is 444 g/mol. The molecule has 0 aliphatic carbocycles. The van der Waals surface area contributed by atoms with Gasteiger partial charge < -0.3 is 37.0 Å². The lowest BCUT2D eigenvalue weighted by Gasteiger charge is -2.24. The van der Waals surface area contributed by atoms with E-state index < -0.39 is 66.9 Å². The molecule has 0 aliphatic rings. The van der Waals surface area contributed by atoms with Crippen molar-refractivity contribution in [3.63, 3.8) is 0 Å². The topological polar surface area (TPSA) is 208 Å². The number of thioether (sulfide) groups is 1. The number of carbonyl (C=O) groups excluding carboxylic acids is 3. The summed E-state index contributed by atoms with van der Waals surface area (Å²) < 4.78 is 0. The molecule has 13 heteroatoms. The first-order valence-corrected chi connectivity index (χ1v) is 11.5. The number of aliphatic hydroxyl groups is 1. The van der Waals surface area contributed by atoms with Gasteiger partial charge in [-0.2, -0.15) is 11.8 Å². The van der Waals surface area contributed by atoms with Gasteiger partial charge in [-0.3, -0.25) is 19.2 Å². The molecule has 8 N–H and O–H groups in total. The van der Waals surface area contributed by atoms with Gasteiger partial charge in [0.25, 0.3) is 0 Å². The number of carbonyl (C=O) groups is 5. The third kappa shape index (κ3) is 11.9. The third-order valence-electron chi connectivity index (χ3n) is 4.38. The highest BCUT2D eigenvalue weighted by Crippen LogP contribution is 2.06. The van der Waals surface area contributed by atoms with Crippen LogP contribution in [0.2, 0.25) is 0 Å². The maximum absolute atomic E-state index is 12.6. The van der Waals surface area contributed by atoms with E-state index in [0.717, 1.165) is 0 Å². The second-order valence-electron chi connectivity index (χ2n) is 7.65. The zero-order valence-corrected chi connectivity index (χ0v) is 19.3. The zero-order valence-electron chi connectivity index (χ0n) is 18.5. The van der Waals surface area contributed by atoms with Crippen LogP contribution in [-0.4, -0.2) is 87.8 Å². The number of carboxylic acid groups (broad SMARTS) is 2. The van der Waals surface area contributed by atoms with Crippen LogP contribution in [0.5, 0.6) is 0 Å². The summed E-state index contributed by atoms with van der Waals surface area (Å²) in [5.41, 5.74) is 5.76. The average Bonchev–Trinajstić information content (AvgIpc) is 2.70.